The topological polar surface area (TPSA) is 57.7 Å². The lowest BCUT2D eigenvalue weighted by Gasteiger charge is -2.28. The molecule has 136 valence electrons. The summed E-state index contributed by atoms with van der Waals surface area (Å²) in [6.45, 7) is 4.33. The lowest BCUT2D eigenvalue weighted by Crippen LogP contribution is -2.44. The minimum Gasteiger partial charge on any atom is -0.332 e. The van der Waals surface area contributed by atoms with E-state index >= 15 is 0 Å². The van der Waals surface area contributed by atoms with Crippen LogP contribution in [0.15, 0.2) is 47.8 Å². The van der Waals surface area contributed by atoms with Crippen molar-refractivity contribution in [1.82, 2.24) is 9.21 Å². The van der Waals surface area contributed by atoms with Crippen molar-refractivity contribution in [2.45, 2.75) is 33.0 Å². The number of rotatable bonds is 8. The zero-order valence-electron chi connectivity index (χ0n) is 14.8. The summed E-state index contributed by atoms with van der Waals surface area (Å²) in [5.41, 5.74) is 1.02. The maximum absolute atomic E-state index is 12.9. The summed E-state index contributed by atoms with van der Waals surface area (Å²) in [6.07, 6.45) is 1.14. The van der Waals surface area contributed by atoms with Crippen LogP contribution in [0, 0.1) is 0 Å². The van der Waals surface area contributed by atoms with Crippen LogP contribution in [0.4, 0.5) is 0 Å². The third-order valence-electron chi connectivity index (χ3n) is 3.79. The molecule has 2 rings (SSSR count). The highest BCUT2D eigenvalue weighted by Gasteiger charge is 2.26. The summed E-state index contributed by atoms with van der Waals surface area (Å²) in [5, 5.41) is 1.97. The first-order valence-electron chi connectivity index (χ1n) is 8.08. The smallest absolute Gasteiger partial charge is 0.238 e. The van der Waals surface area contributed by atoms with Crippen LogP contribution in [0.25, 0.3) is 0 Å². The van der Waals surface area contributed by atoms with Crippen molar-refractivity contribution in [3.8, 4) is 0 Å². The van der Waals surface area contributed by atoms with E-state index in [0.717, 1.165) is 16.7 Å². The van der Waals surface area contributed by atoms with Crippen molar-refractivity contribution in [3.05, 3.63) is 58.3 Å². The SMILES string of the molecule is CC(C)N(CC(=O)N(Cc1ccccc1)Cc1cccs1)S(C)(=O)=O. The van der Waals surface area contributed by atoms with E-state index in [1.807, 2.05) is 47.8 Å². The fourth-order valence-corrected chi connectivity index (χ4v) is 4.37. The average Bonchev–Trinajstić information content (AvgIpc) is 3.04. The Labute approximate surface area is 153 Å². The summed E-state index contributed by atoms with van der Waals surface area (Å²) >= 11 is 1.58. The number of hydrogen-bond donors (Lipinski definition) is 0. The fourth-order valence-electron chi connectivity index (χ4n) is 2.54. The number of amides is 1. The Bertz CT molecular complexity index is 772. The van der Waals surface area contributed by atoms with Crippen LogP contribution in [0.1, 0.15) is 24.3 Å². The molecule has 0 radical (unpaired) electrons. The second kappa shape index (κ2) is 8.60. The largest absolute Gasteiger partial charge is 0.332 e. The quantitative estimate of drug-likeness (QED) is 0.707. The van der Waals surface area contributed by atoms with Gasteiger partial charge in [-0.3, -0.25) is 4.79 Å². The van der Waals surface area contributed by atoms with Crippen LogP contribution in [-0.2, 0) is 27.9 Å². The number of carbonyl (C=O) groups is 1. The van der Waals surface area contributed by atoms with Crippen LogP contribution in [-0.4, -0.2) is 42.4 Å². The fraction of sp³-hybridized carbons (Fsp3) is 0.389. The van der Waals surface area contributed by atoms with Gasteiger partial charge in [-0.2, -0.15) is 4.31 Å². The molecular formula is C18H24N2O3S2. The summed E-state index contributed by atoms with van der Waals surface area (Å²) in [6, 6.07) is 13.4. The Morgan fingerprint density at radius 3 is 2.28 bits per heavy atom. The molecule has 1 aromatic heterocycles. The van der Waals surface area contributed by atoms with Gasteiger partial charge in [0.05, 0.1) is 19.3 Å². The van der Waals surface area contributed by atoms with Gasteiger partial charge >= 0.3 is 0 Å². The van der Waals surface area contributed by atoms with Gasteiger partial charge in [-0.15, -0.1) is 11.3 Å². The molecule has 1 aromatic carbocycles. The molecule has 0 N–H and O–H groups in total. The Morgan fingerprint density at radius 2 is 1.76 bits per heavy atom. The van der Waals surface area contributed by atoms with Crippen molar-refractivity contribution < 1.29 is 13.2 Å². The van der Waals surface area contributed by atoms with Gasteiger partial charge in [0.2, 0.25) is 15.9 Å². The van der Waals surface area contributed by atoms with Crippen molar-refractivity contribution in [3.63, 3.8) is 0 Å². The number of nitrogens with zero attached hydrogens (tertiary/aromatic N) is 2. The van der Waals surface area contributed by atoms with Crippen molar-refractivity contribution in [1.29, 1.82) is 0 Å². The lowest BCUT2D eigenvalue weighted by molar-refractivity contribution is -0.132. The second-order valence-electron chi connectivity index (χ2n) is 6.22. The van der Waals surface area contributed by atoms with Gasteiger partial charge in [-0.25, -0.2) is 8.42 Å². The summed E-state index contributed by atoms with van der Waals surface area (Å²) in [7, 11) is -3.44. The molecule has 1 heterocycles. The molecule has 2 aromatic rings. The third-order valence-corrected chi connectivity index (χ3v) is 6.05. The third kappa shape index (κ3) is 5.95. The summed E-state index contributed by atoms with van der Waals surface area (Å²) in [4.78, 5) is 15.6. The average molecular weight is 381 g/mol. The predicted octanol–water partition coefficient (Wildman–Crippen LogP) is 2.95. The number of thiophene rings is 1. The van der Waals surface area contributed by atoms with Gasteiger partial charge in [0.25, 0.3) is 0 Å². The first-order chi connectivity index (χ1) is 11.8. The van der Waals surface area contributed by atoms with Gasteiger partial charge < -0.3 is 4.90 Å². The normalized spacial score (nSPS) is 11.9. The van der Waals surface area contributed by atoms with E-state index in [9.17, 15) is 13.2 Å². The summed E-state index contributed by atoms with van der Waals surface area (Å²) in [5.74, 6) is -0.198. The molecule has 0 spiro atoms. The van der Waals surface area contributed by atoms with Crippen molar-refractivity contribution >= 4 is 27.3 Å². The highest BCUT2D eigenvalue weighted by Crippen LogP contribution is 2.16. The molecule has 25 heavy (non-hydrogen) atoms. The van der Waals surface area contributed by atoms with E-state index in [2.05, 4.69) is 0 Å². The van der Waals surface area contributed by atoms with E-state index in [-0.39, 0.29) is 18.5 Å². The van der Waals surface area contributed by atoms with Gasteiger partial charge in [0.1, 0.15) is 0 Å². The summed E-state index contributed by atoms with van der Waals surface area (Å²) < 4.78 is 25.2. The maximum atomic E-state index is 12.9. The van der Waals surface area contributed by atoms with Crippen LogP contribution >= 0.6 is 11.3 Å². The molecule has 0 aliphatic rings. The Balaban J connectivity index is 2.19. The van der Waals surface area contributed by atoms with E-state index in [1.165, 1.54) is 4.31 Å². The Morgan fingerprint density at radius 1 is 1.08 bits per heavy atom. The second-order valence-corrected chi connectivity index (χ2v) is 9.18. The predicted molar refractivity (Wildman–Crippen MR) is 102 cm³/mol. The molecule has 7 heteroatoms. The zero-order chi connectivity index (χ0) is 18.4. The highest BCUT2D eigenvalue weighted by atomic mass is 32.2. The van der Waals surface area contributed by atoms with Gasteiger partial charge in [-0.1, -0.05) is 36.4 Å². The van der Waals surface area contributed by atoms with Crippen LogP contribution in [0.5, 0.6) is 0 Å². The van der Waals surface area contributed by atoms with E-state index in [1.54, 1.807) is 30.1 Å². The molecule has 0 bridgehead atoms. The molecule has 0 saturated carbocycles. The molecule has 0 unspecified atom stereocenters. The minimum atomic E-state index is -3.44. The van der Waals surface area contributed by atoms with E-state index < -0.39 is 10.0 Å². The molecule has 0 aliphatic heterocycles. The Kier molecular flexibility index (Phi) is 6.75. The molecule has 0 fully saturated rings. The van der Waals surface area contributed by atoms with Crippen LogP contribution in [0.3, 0.4) is 0 Å². The van der Waals surface area contributed by atoms with Crippen molar-refractivity contribution in [2.75, 3.05) is 12.8 Å². The number of hydrogen-bond acceptors (Lipinski definition) is 4. The first-order valence-corrected chi connectivity index (χ1v) is 10.8. The van der Waals surface area contributed by atoms with E-state index in [4.69, 9.17) is 0 Å². The molecule has 5 nitrogen and oxygen atoms in total. The number of carbonyl (C=O) groups excluding carboxylic acids is 1. The number of sulfonamides is 1. The Hall–Kier alpha value is -1.70. The van der Waals surface area contributed by atoms with Crippen molar-refractivity contribution in [2.24, 2.45) is 0 Å². The maximum Gasteiger partial charge on any atom is 0.238 e. The molecule has 0 aliphatic carbocycles. The first kappa shape index (κ1) is 19.6. The minimum absolute atomic E-state index is 0.144. The standard InChI is InChI=1S/C18H24N2O3S2/c1-15(2)20(25(3,22)23)14-18(21)19(13-17-10-7-11-24-17)12-16-8-5-4-6-9-16/h4-11,15H,12-14H2,1-3H3. The molecule has 0 atom stereocenters. The van der Waals surface area contributed by atoms with E-state index in [0.29, 0.717) is 13.1 Å². The monoisotopic (exact) mass is 380 g/mol. The van der Waals surface area contributed by atoms with Crippen LogP contribution < -0.4 is 0 Å². The highest BCUT2D eigenvalue weighted by molar-refractivity contribution is 7.88. The van der Waals surface area contributed by atoms with Gasteiger partial charge in [-0.05, 0) is 30.9 Å². The number of benzene rings is 1. The van der Waals surface area contributed by atoms with Gasteiger partial charge in [0.15, 0.2) is 0 Å². The van der Waals surface area contributed by atoms with Gasteiger partial charge in [0, 0.05) is 17.5 Å². The van der Waals surface area contributed by atoms with Crippen LogP contribution in [0.2, 0.25) is 0 Å². The molecular weight excluding hydrogens is 356 g/mol. The molecule has 1 amide bonds. The zero-order valence-corrected chi connectivity index (χ0v) is 16.4. The molecule has 0 saturated heterocycles. The lowest BCUT2D eigenvalue weighted by atomic mass is 10.2.